The quantitative estimate of drug-likeness (QED) is 0.917. The molecule has 0 saturated heterocycles. The second kappa shape index (κ2) is 5.28. The van der Waals surface area contributed by atoms with E-state index in [9.17, 15) is 4.79 Å². The molecule has 0 fully saturated rings. The van der Waals surface area contributed by atoms with Gasteiger partial charge in [0.15, 0.2) is 0 Å². The van der Waals surface area contributed by atoms with Gasteiger partial charge in [-0.2, -0.15) is 0 Å². The van der Waals surface area contributed by atoms with Crippen LogP contribution in [-0.2, 0) is 11.3 Å². The molecule has 0 unspecified atom stereocenters. The van der Waals surface area contributed by atoms with Gasteiger partial charge < -0.3 is 9.84 Å². The second-order valence-corrected chi connectivity index (χ2v) is 4.33. The number of hydrogen-bond donors (Lipinski definition) is 1. The van der Waals surface area contributed by atoms with E-state index in [4.69, 9.17) is 9.84 Å². The van der Waals surface area contributed by atoms with Crippen LogP contribution < -0.4 is 0 Å². The van der Waals surface area contributed by atoms with Crippen LogP contribution in [0.3, 0.4) is 0 Å². The van der Waals surface area contributed by atoms with Crippen LogP contribution in [0.1, 0.15) is 29.8 Å². The van der Waals surface area contributed by atoms with Crippen molar-refractivity contribution >= 4 is 21.9 Å². The Morgan fingerprint density at radius 1 is 1.53 bits per heavy atom. The van der Waals surface area contributed by atoms with Gasteiger partial charge in [-0.1, -0.05) is 22.0 Å². The summed E-state index contributed by atoms with van der Waals surface area (Å²) in [6, 6.07) is 4.92. The number of halogens is 1. The van der Waals surface area contributed by atoms with Crippen molar-refractivity contribution in [2.24, 2.45) is 0 Å². The summed E-state index contributed by atoms with van der Waals surface area (Å²) in [5, 5.41) is 8.77. The molecule has 0 spiro atoms. The number of ether oxygens (including phenoxy) is 1. The zero-order valence-corrected chi connectivity index (χ0v) is 10.2. The predicted molar refractivity (Wildman–Crippen MR) is 61.0 cm³/mol. The highest BCUT2D eigenvalue weighted by molar-refractivity contribution is 9.10. The average molecular weight is 273 g/mol. The van der Waals surface area contributed by atoms with E-state index < -0.39 is 5.97 Å². The molecule has 1 aromatic rings. The third-order valence-corrected chi connectivity index (χ3v) is 2.61. The van der Waals surface area contributed by atoms with Gasteiger partial charge in [0.2, 0.25) is 0 Å². The van der Waals surface area contributed by atoms with Crippen molar-refractivity contribution in [2.45, 2.75) is 26.6 Å². The molecule has 0 heterocycles. The van der Waals surface area contributed by atoms with Crippen LogP contribution in [0.5, 0.6) is 0 Å². The summed E-state index contributed by atoms with van der Waals surface area (Å²) in [6.07, 6.45) is 0.163. The molecule has 82 valence electrons. The molecular weight excluding hydrogens is 260 g/mol. The van der Waals surface area contributed by atoms with E-state index in [1.54, 1.807) is 18.2 Å². The molecule has 0 amide bonds. The minimum Gasteiger partial charge on any atom is -0.478 e. The Kier molecular flexibility index (Phi) is 4.29. The Bertz CT molecular complexity index is 361. The lowest BCUT2D eigenvalue weighted by Crippen LogP contribution is -2.03. The third kappa shape index (κ3) is 3.64. The van der Waals surface area contributed by atoms with Crippen molar-refractivity contribution in [3.8, 4) is 0 Å². The maximum Gasteiger partial charge on any atom is 0.335 e. The SMILES string of the molecule is CC(C)OCc1ccc(C(=O)O)cc1Br. The molecule has 0 aliphatic heterocycles. The van der Waals surface area contributed by atoms with Crippen LogP contribution in [0, 0.1) is 0 Å². The number of rotatable bonds is 4. The maximum atomic E-state index is 10.7. The van der Waals surface area contributed by atoms with Gasteiger partial charge in [-0.05, 0) is 31.5 Å². The normalized spacial score (nSPS) is 10.7. The zero-order valence-electron chi connectivity index (χ0n) is 8.66. The lowest BCUT2D eigenvalue weighted by Gasteiger charge is -2.09. The molecule has 1 N–H and O–H groups in total. The Labute approximate surface area is 97.2 Å². The second-order valence-electron chi connectivity index (χ2n) is 3.47. The first-order valence-corrected chi connectivity index (χ1v) is 5.43. The highest BCUT2D eigenvalue weighted by Crippen LogP contribution is 2.20. The lowest BCUT2D eigenvalue weighted by molar-refractivity contribution is 0.0650. The summed E-state index contributed by atoms with van der Waals surface area (Å²) < 4.78 is 6.20. The van der Waals surface area contributed by atoms with E-state index in [1.807, 2.05) is 13.8 Å². The fourth-order valence-electron chi connectivity index (χ4n) is 1.05. The summed E-state index contributed by atoms with van der Waals surface area (Å²) in [6.45, 7) is 4.40. The van der Waals surface area contributed by atoms with Crippen LogP contribution in [0.4, 0.5) is 0 Å². The molecule has 3 nitrogen and oxygen atoms in total. The van der Waals surface area contributed by atoms with Gasteiger partial charge in [0, 0.05) is 4.47 Å². The molecule has 0 aromatic heterocycles. The lowest BCUT2D eigenvalue weighted by atomic mass is 10.1. The molecule has 0 aliphatic carbocycles. The predicted octanol–water partition coefficient (Wildman–Crippen LogP) is 3.07. The first-order valence-electron chi connectivity index (χ1n) is 4.64. The third-order valence-electron chi connectivity index (χ3n) is 1.87. The number of carboxylic acids is 1. The minimum atomic E-state index is -0.924. The van der Waals surface area contributed by atoms with Crippen LogP contribution in [0.25, 0.3) is 0 Å². The summed E-state index contributed by atoms with van der Waals surface area (Å²) >= 11 is 3.32. The maximum absolute atomic E-state index is 10.7. The van der Waals surface area contributed by atoms with E-state index in [0.29, 0.717) is 6.61 Å². The van der Waals surface area contributed by atoms with Gasteiger partial charge in [-0.15, -0.1) is 0 Å². The van der Waals surface area contributed by atoms with E-state index in [1.165, 1.54) is 0 Å². The van der Waals surface area contributed by atoms with Crippen molar-refractivity contribution in [2.75, 3.05) is 0 Å². The van der Waals surface area contributed by atoms with Crippen LogP contribution in [0.2, 0.25) is 0 Å². The largest absolute Gasteiger partial charge is 0.478 e. The van der Waals surface area contributed by atoms with Crippen molar-refractivity contribution in [1.82, 2.24) is 0 Å². The van der Waals surface area contributed by atoms with Gasteiger partial charge in [0.1, 0.15) is 0 Å². The highest BCUT2D eigenvalue weighted by Gasteiger charge is 2.07. The first kappa shape index (κ1) is 12.2. The Balaban J connectivity index is 2.79. The van der Waals surface area contributed by atoms with E-state index in [2.05, 4.69) is 15.9 Å². The van der Waals surface area contributed by atoms with Crippen LogP contribution in [0.15, 0.2) is 22.7 Å². The Morgan fingerprint density at radius 3 is 2.67 bits per heavy atom. The zero-order chi connectivity index (χ0) is 11.4. The fourth-order valence-corrected chi connectivity index (χ4v) is 1.55. The molecule has 0 radical (unpaired) electrons. The fraction of sp³-hybridized carbons (Fsp3) is 0.364. The summed E-state index contributed by atoms with van der Waals surface area (Å²) in [5.74, 6) is -0.924. The number of benzene rings is 1. The summed E-state index contributed by atoms with van der Waals surface area (Å²) in [4.78, 5) is 10.7. The van der Waals surface area contributed by atoms with E-state index in [-0.39, 0.29) is 11.7 Å². The first-order chi connectivity index (χ1) is 7.00. The van der Waals surface area contributed by atoms with Crippen LogP contribution >= 0.6 is 15.9 Å². The molecule has 0 aliphatic rings. The molecule has 15 heavy (non-hydrogen) atoms. The number of hydrogen-bond acceptors (Lipinski definition) is 2. The minimum absolute atomic E-state index is 0.163. The smallest absolute Gasteiger partial charge is 0.335 e. The molecule has 0 saturated carbocycles. The Hall–Kier alpha value is -0.870. The van der Waals surface area contributed by atoms with Crippen molar-refractivity contribution in [3.63, 3.8) is 0 Å². The number of aromatic carboxylic acids is 1. The Morgan fingerprint density at radius 2 is 2.20 bits per heavy atom. The van der Waals surface area contributed by atoms with Crippen LogP contribution in [-0.4, -0.2) is 17.2 Å². The molecular formula is C11H13BrO3. The molecule has 4 heteroatoms. The number of carbonyl (C=O) groups is 1. The van der Waals surface area contributed by atoms with Crippen molar-refractivity contribution in [3.05, 3.63) is 33.8 Å². The topological polar surface area (TPSA) is 46.5 Å². The average Bonchev–Trinajstić information content (AvgIpc) is 2.15. The molecule has 1 aromatic carbocycles. The number of carboxylic acid groups (broad SMARTS) is 1. The molecule has 0 bridgehead atoms. The molecule has 0 atom stereocenters. The molecule has 1 rings (SSSR count). The van der Waals surface area contributed by atoms with Gasteiger partial charge in [0.05, 0.1) is 18.3 Å². The van der Waals surface area contributed by atoms with Gasteiger partial charge in [0.25, 0.3) is 0 Å². The van der Waals surface area contributed by atoms with E-state index >= 15 is 0 Å². The highest BCUT2D eigenvalue weighted by atomic mass is 79.9. The standard InChI is InChI=1S/C11H13BrO3/c1-7(2)15-6-9-4-3-8(11(13)14)5-10(9)12/h3-5,7H,6H2,1-2H3,(H,13,14). The van der Waals surface area contributed by atoms with E-state index in [0.717, 1.165) is 10.0 Å². The van der Waals surface area contributed by atoms with Gasteiger partial charge in [-0.25, -0.2) is 4.79 Å². The summed E-state index contributed by atoms with van der Waals surface area (Å²) in [5.41, 5.74) is 1.23. The van der Waals surface area contributed by atoms with Gasteiger partial charge in [-0.3, -0.25) is 0 Å². The monoisotopic (exact) mass is 272 g/mol. The van der Waals surface area contributed by atoms with Crippen molar-refractivity contribution < 1.29 is 14.6 Å². The van der Waals surface area contributed by atoms with Crippen molar-refractivity contribution in [1.29, 1.82) is 0 Å². The van der Waals surface area contributed by atoms with Gasteiger partial charge >= 0.3 is 5.97 Å². The summed E-state index contributed by atoms with van der Waals surface area (Å²) in [7, 11) is 0.